The van der Waals surface area contributed by atoms with Crippen molar-refractivity contribution < 1.29 is 9.47 Å². The lowest BCUT2D eigenvalue weighted by atomic mass is 10.1. The van der Waals surface area contributed by atoms with Crippen LogP contribution in [-0.2, 0) is 6.42 Å². The van der Waals surface area contributed by atoms with E-state index in [2.05, 4.69) is 11.9 Å². The minimum absolute atomic E-state index is 0.276. The maximum atomic E-state index is 5.25. The van der Waals surface area contributed by atoms with E-state index in [1.165, 1.54) is 5.56 Å². The smallest absolute Gasteiger partial charge is 0.160 e. The highest BCUT2D eigenvalue weighted by molar-refractivity contribution is 5.43. The van der Waals surface area contributed by atoms with Crippen molar-refractivity contribution in [1.29, 1.82) is 0 Å². The number of rotatable bonds is 6. The maximum Gasteiger partial charge on any atom is 0.160 e. The molecule has 88 valence electrons. The van der Waals surface area contributed by atoms with Gasteiger partial charge in [0.05, 0.1) is 14.2 Å². The van der Waals surface area contributed by atoms with E-state index in [9.17, 15) is 0 Å². The van der Waals surface area contributed by atoms with Crippen molar-refractivity contribution in [3.8, 4) is 11.5 Å². The number of benzene rings is 1. The first-order valence-electron chi connectivity index (χ1n) is 5.25. The van der Waals surface area contributed by atoms with E-state index in [0.29, 0.717) is 0 Å². The summed E-state index contributed by atoms with van der Waals surface area (Å²) in [6, 6.07) is 6.23. The number of hydrogen-bond donors (Lipinski definition) is 1. The largest absolute Gasteiger partial charge is 0.493 e. The Bertz CT molecular complexity index is 350. The molecule has 1 aromatic carbocycles. The molecule has 0 saturated carbocycles. The fraction of sp³-hybridized carbons (Fsp3) is 0.385. The zero-order valence-electron chi connectivity index (χ0n) is 10.1. The Balaban J connectivity index is 2.86. The molecule has 0 bridgehead atoms. The minimum atomic E-state index is 0.276. The molecule has 3 heteroatoms. The summed E-state index contributed by atoms with van der Waals surface area (Å²) in [5.74, 6) is 1.52. The zero-order chi connectivity index (χ0) is 12.0. The normalized spacial score (nSPS) is 11.9. The summed E-state index contributed by atoms with van der Waals surface area (Å²) in [4.78, 5) is 0. The highest BCUT2D eigenvalue weighted by Gasteiger charge is 2.07. The van der Waals surface area contributed by atoms with Gasteiger partial charge >= 0.3 is 0 Å². The van der Waals surface area contributed by atoms with Gasteiger partial charge in [-0.05, 0) is 31.2 Å². The van der Waals surface area contributed by atoms with Gasteiger partial charge in [0.25, 0.3) is 0 Å². The third kappa shape index (κ3) is 3.00. The van der Waals surface area contributed by atoms with Crippen LogP contribution in [0.25, 0.3) is 0 Å². The molecule has 1 aromatic rings. The predicted molar refractivity (Wildman–Crippen MR) is 66.3 cm³/mol. The second-order valence-electron chi connectivity index (χ2n) is 3.52. The van der Waals surface area contributed by atoms with Crippen molar-refractivity contribution in [3.05, 3.63) is 36.4 Å². The first-order chi connectivity index (χ1) is 7.74. The van der Waals surface area contributed by atoms with Crippen molar-refractivity contribution in [2.45, 2.75) is 12.5 Å². The standard InChI is InChI=1S/C13H19NO2/c1-5-11(14-2)8-10-6-7-12(15-3)13(9-10)16-4/h5-7,9,11,14H,1,8H2,2-4H3. The van der Waals surface area contributed by atoms with E-state index in [-0.39, 0.29) is 6.04 Å². The summed E-state index contributed by atoms with van der Waals surface area (Å²) in [7, 11) is 5.20. The van der Waals surface area contributed by atoms with Gasteiger partial charge in [-0.2, -0.15) is 0 Å². The Hall–Kier alpha value is -1.48. The topological polar surface area (TPSA) is 30.5 Å². The van der Waals surface area contributed by atoms with Crippen LogP contribution in [0.5, 0.6) is 11.5 Å². The van der Waals surface area contributed by atoms with Gasteiger partial charge in [-0.1, -0.05) is 12.1 Å². The zero-order valence-corrected chi connectivity index (χ0v) is 10.1. The Kier molecular flexibility index (Phi) is 4.86. The summed E-state index contributed by atoms with van der Waals surface area (Å²) in [5, 5.41) is 3.18. The molecule has 0 aromatic heterocycles. The molecular formula is C13H19NO2. The van der Waals surface area contributed by atoms with Crippen LogP contribution >= 0.6 is 0 Å². The average molecular weight is 221 g/mol. The first-order valence-corrected chi connectivity index (χ1v) is 5.25. The molecule has 0 aliphatic carbocycles. The second-order valence-corrected chi connectivity index (χ2v) is 3.52. The SMILES string of the molecule is C=CC(Cc1ccc(OC)c(OC)c1)NC. The number of ether oxygens (including phenoxy) is 2. The number of likely N-dealkylation sites (N-methyl/N-ethyl adjacent to an activating group) is 1. The van der Waals surface area contributed by atoms with Crippen LogP contribution in [0, 0.1) is 0 Å². The summed E-state index contributed by atoms with van der Waals surface area (Å²) in [5.41, 5.74) is 1.19. The number of nitrogens with one attached hydrogen (secondary N) is 1. The van der Waals surface area contributed by atoms with Crippen LogP contribution in [0.3, 0.4) is 0 Å². The Morgan fingerprint density at radius 1 is 1.31 bits per heavy atom. The van der Waals surface area contributed by atoms with Gasteiger partial charge in [0, 0.05) is 6.04 Å². The van der Waals surface area contributed by atoms with Gasteiger partial charge in [0.1, 0.15) is 0 Å². The summed E-state index contributed by atoms with van der Waals surface area (Å²) >= 11 is 0. The van der Waals surface area contributed by atoms with Gasteiger partial charge in [-0.25, -0.2) is 0 Å². The highest BCUT2D eigenvalue weighted by Crippen LogP contribution is 2.27. The third-order valence-electron chi connectivity index (χ3n) is 2.56. The molecule has 0 aliphatic heterocycles. The third-order valence-corrected chi connectivity index (χ3v) is 2.56. The fourth-order valence-corrected chi connectivity index (χ4v) is 1.56. The molecule has 1 rings (SSSR count). The van der Waals surface area contributed by atoms with Crippen molar-refractivity contribution in [2.24, 2.45) is 0 Å². The van der Waals surface area contributed by atoms with Crippen molar-refractivity contribution in [2.75, 3.05) is 21.3 Å². The van der Waals surface area contributed by atoms with Gasteiger partial charge in [-0.3, -0.25) is 0 Å². The molecule has 0 heterocycles. The van der Waals surface area contributed by atoms with Crippen molar-refractivity contribution in [1.82, 2.24) is 5.32 Å². The van der Waals surface area contributed by atoms with Gasteiger partial charge < -0.3 is 14.8 Å². The minimum Gasteiger partial charge on any atom is -0.493 e. The Labute approximate surface area is 97.1 Å². The van der Waals surface area contributed by atoms with E-state index >= 15 is 0 Å². The molecule has 0 spiro atoms. The van der Waals surface area contributed by atoms with Crippen LogP contribution in [0.1, 0.15) is 5.56 Å². The van der Waals surface area contributed by atoms with E-state index in [1.54, 1.807) is 14.2 Å². The fourth-order valence-electron chi connectivity index (χ4n) is 1.56. The number of hydrogen-bond acceptors (Lipinski definition) is 3. The quantitative estimate of drug-likeness (QED) is 0.745. The second kappa shape index (κ2) is 6.18. The van der Waals surface area contributed by atoms with E-state index in [1.807, 2.05) is 31.3 Å². The van der Waals surface area contributed by atoms with Crippen LogP contribution in [0.15, 0.2) is 30.9 Å². The molecule has 3 nitrogen and oxygen atoms in total. The van der Waals surface area contributed by atoms with E-state index in [4.69, 9.17) is 9.47 Å². The van der Waals surface area contributed by atoms with Crippen molar-refractivity contribution >= 4 is 0 Å². The molecule has 1 atom stereocenters. The maximum absolute atomic E-state index is 5.25. The lowest BCUT2D eigenvalue weighted by Crippen LogP contribution is -2.24. The molecule has 0 amide bonds. The van der Waals surface area contributed by atoms with Crippen LogP contribution in [-0.4, -0.2) is 27.3 Å². The summed E-state index contributed by atoms with van der Waals surface area (Å²) in [6.45, 7) is 3.79. The predicted octanol–water partition coefficient (Wildman–Crippen LogP) is 2.02. The average Bonchev–Trinajstić information content (AvgIpc) is 2.35. The lowest BCUT2D eigenvalue weighted by Gasteiger charge is -2.13. The van der Waals surface area contributed by atoms with Crippen LogP contribution < -0.4 is 14.8 Å². The molecule has 1 unspecified atom stereocenters. The molecule has 16 heavy (non-hydrogen) atoms. The summed E-state index contributed by atoms with van der Waals surface area (Å²) in [6.07, 6.45) is 2.79. The first kappa shape index (κ1) is 12.6. The molecule has 0 aliphatic rings. The van der Waals surface area contributed by atoms with Crippen LogP contribution in [0.2, 0.25) is 0 Å². The highest BCUT2D eigenvalue weighted by atomic mass is 16.5. The molecule has 1 N–H and O–H groups in total. The molecular weight excluding hydrogens is 202 g/mol. The molecule has 0 saturated heterocycles. The van der Waals surface area contributed by atoms with E-state index in [0.717, 1.165) is 17.9 Å². The molecule has 0 radical (unpaired) electrons. The lowest BCUT2D eigenvalue weighted by molar-refractivity contribution is 0.354. The monoisotopic (exact) mass is 221 g/mol. The van der Waals surface area contributed by atoms with Gasteiger partial charge in [0.2, 0.25) is 0 Å². The van der Waals surface area contributed by atoms with E-state index < -0.39 is 0 Å². The summed E-state index contributed by atoms with van der Waals surface area (Å²) < 4.78 is 10.4. The Morgan fingerprint density at radius 2 is 2.00 bits per heavy atom. The van der Waals surface area contributed by atoms with Gasteiger partial charge in [0.15, 0.2) is 11.5 Å². The molecule has 0 fully saturated rings. The number of methoxy groups -OCH3 is 2. The van der Waals surface area contributed by atoms with Gasteiger partial charge in [-0.15, -0.1) is 6.58 Å². The Morgan fingerprint density at radius 3 is 2.50 bits per heavy atom. The van der Waals surface area contributed by atoms with Crippen LogP contribution in [0.4, 0.5) is 0 Å². The van der Waals surface area contributed by atoms with Crippen molar-refractivity contribution in [3.63, 3.8) is 0 Å².